The van der Waals surface area contributed by atoms with Crippen LogP contribution in [0.25, 0.3) is 0 Å². The van der Waals surface area contributed by atoms with Gasteiger partial charge in [-0.2, -0.15) is 13.8 Å². The number of benzene rings is 2. The van der Waals surface area contributed by atoms with Crippen LogP contribution in [0.1, 0.15) is 16.7 Å². The molecule has 4 aromatic rings. The largest absolute Gasteiger partial charge is 0.497 e. The number of hydrogen-bond acceptors (Lipinski definition) is 8. The minimum Gasteiger partial charge on any atom is -0.497 e. The SMILES string of the molecule is COc1ccc(Cn2c(=O)nc(NCc3cccnc3N)n(Cc3ccc(OC(F)F)cc3)c2=O)cc1. The molecule has 0 amide bonds. The lowest BCUT2D eigenvalue weighted by atomic mass is 10.2. The molecule has 10 nitrogen and oxygen atoms in total. The monoisotopic (exact) mass is 510 g/mol. The van der Waals surface area contributed by atoms with Crippen molar-refractivity contribution in [2.45, 2.75) is 26.2 Å². The topological polar surface area (TPSA) is 126 Å². The standard InChI is InChI=1S/C25H24F2N6O4/c1-36-19-8-4-17(5-9-19)15-33-24(34)31-23(30-13-18-3-2-12-29-21(18)28)32(25(33)35)14-16-6-10-20(11-7-16)37-22(26)27/h2-12,22H,13-15H2,1H3,(H2,28,29)(H,30,31,34). The highest BCUT2D eigenvalue weighted by molar-refractivity contribution is 5.41. The molecular weight excluding hydrogens is 486 g/mol. The van der Waals surface area contributed by atoms with Crippen LogP contribution in [0, 0.1) is 0 Å². The molecule has 3 N–H and O–H groups in total. The second-order valence-corrected chi connectivity index (χ2v) is 7.94. The van der Waals surface area contributed by atoms with Gasteiger partial charge in [0.1, 0.15) is 17.3 Å². The van der Waals surface area contributed by atoms with Crippen LogP contribution in [0.5, 0.6) is 11.5 Å². The molecule has 2 aromatic heterocycles. The van der Waals surface area contributed by atoms with Gasteiger partial charge in [0.25, 0.3) is 0 Å². The molecule has 0 spiro atoms. The fourth-order valence-electron chi connectivity index (χ4n) is 3.59. The van der Waals surface area contributed by atoms with Crippen LogP contribution >= 0.6 is 0 Å². The Bertz CT molecular complexity index is 1470. The summed E-state index contributed by atoms with van der Waals surface area (Å²) in [4.78, 5) is 34.5. The lowest BCUT2D eigenvalue weighted by Crippen LogP contribution is -2.43. The molecule has 0 aliphatic heterocycles. The van der Waals surface area contributed by atoms with Gasteiger partial charge in [0.15, 0.2) is 0 Å². The van der Waals surface area contributed by atoms with Crippen LogP contribution in [-0.2, 0) is 19.6 Å². The van der Waals surface area contributed by atoms with E-state index in [1.54, 1.807) is 61.8 Å². The van der Waals surface area contributed by atoms with Gasteiger partial charge in [0.2, 0.25) is 5.95 Å². The molecule has 192 valence electrons. The molecule has 2 heterocycles. The van der Waals surface area contributed by atoms with Gasteiger partial charge in [0, 0.05) is 18.3 Å². The van der Waals surface area contributed by atoms with Crippen molar-refractivity contribution in [3.63, 3.8) is 0 Å². The zero-order chi connectivity index (χ0) is 26.4. The van der Waals surface area contributed by atoms with Gasteiger partial charge in [0.05, 0.1) is 20.2 Å². The van der Waals surface area contributed by atoms with Gasteiger partial charge in [-0.15, -0.1) is 0 Å². The number of nitrogen functional groups attached to an aromatic ring is 1. The molecule has 12 heteroatoms. The highest BCUT2D eigenvalue weighted by Crippen LogP contribution is 2.17. The zero-order valence-electron chi connectivity index (χ0n) is 19.8. The highest BCUT2D eigenvalue weighted by atomic mass is 19.3. The van der Waals surface area contributed by atoms with Crippen LogP contribution in [0.3, 0.4) is 0 Å². The number of alkyl halides is 2. The van der Waals surface area contributed by atoms with Crippen molar-refractivity contribution >= 4 is 11.8 Å². The van der Waals surface area contributed by atoms with E-state index in [4.69, 9.17) is 10.5 Å². The van der Waals surface area contributed by atoms with Crippen molar-refractivity contribution < 1.29 is 18.3 Å². The third kappa shape index (κ3) is 6.28. The number of hydrogen-bond donors (Lipinski definition) is 2. The summed E-state index contributed by atoms with van der Waals surface area (Å²) < 4.78 is 36.8. The van der Waals surface area contributed by atoms with E-state index in [-0.39, 0.29) is 31.3 Å². The maximum atomic E-state index is 13.5. The van der Waals surface area contributed by atoms with Gasteiger partial charge >= 0.3 is 18.0 Å². The Labute approximate surface area is 209 Å². The predicted octanol–water partition coefficient (Wildman–Crippen LogP) is 2.70. The number of methoxy groups -OCH3 is 1. The maximum absolute atomic E-state index is 13.5. The van der Waals surface area contributed by atoms with Gasteiger partial charge in [-0.25, -0.2) is 19.1 Å². The lowest BCUT2D eigenvalue weighted by Gasteiger charge is -2.16. The molecule has 37 heavy (non-hydrogen) atoms. The normalized spacial score (nSPS) is 10.9. The van der Waals surface area contributed by atoms with Crippen molar-refractivity contribution in [3.05, 3.63) is 105 Å². The van der Waals surface area contributed by atoms with E-state index in [2.05, 4.69) is 20.0 Å². The van der Waals surface area contributed by atoms with E-state index in [1.807, 2.05) is 0 Å². The quantitative estimate of drug-likeness (QED) is 0.334. The number of halogens is 2. The Kier molecular flexibility index (Phi) is 7.77. The molecular formula is C25H24F2N6O4. The maximum Gasteiger partial charge on any atom is 0.387 e. The Balaban J connectivity index is 1.69. The van der Waals surface area contributed by atoms with Crippen LogP contribution in [0.15, 0.2) is 76.4 Å². The summed E-state index contributed by atoms with van der Waals surface area (Å²) in [6.07, 6.45) is 1.55. The molecule has 0 bridgehead atoms. The number of ether oxygens (including phenoxy) is 2. The number of nitrogens with one attached hydrogen (secondary N) is 1. The van der Waals surface area contributed by atoms with E-state index in [9.17, 15) is 18.4 Å². The molecule has 0 saturated heterocycles. The van der Waals surface area contributed by atoms with E-state index in [0.717, 1.165) is 4.57 Å². The van der Waals surface area contributed by atoms with E-state index < -0.39 is 18.0 Å². The van der Waals surface area contributed by atoms with Crippen molar-refractivity contribution in [1.29, 1.82) is 0 Å². The Morgan fingerprint density at radius 3 is 2.16 bits per heavy atom. The molecule has 0 unspecified atom stereocenters. The second kappa shape index (κ2) is 11.3. The number of anilines is 2. The van der Waals surface area contributed by atoms with Gasteiger partial charge in [-0.3, -0.25) is 4.57 Å². The number of pyridine rings is 1. The summed E-state index contributed by atoms with van der Waals surface area (Å²) in [5.74, 6) is 0.947. The molecule has 0 fully saturated rings. The Morgan fingerprint density at radius 2 is 1.57 bits per heavy atom. The first kappa shape index (κ1) is 25.4. The van der Waals surface area contributed by atoms with Crippen molar-refractivity contribution in [2.24, 2.45) is 0 Å². The van der Waals surface area contributed by atoms with E-state index in [1.165, 1.54) is 16.7 Å². The lowest BCUT2D eigenvalue weighted by molar-refractivity contribution is -0.0498. The van der Waals surface area contributed by atoms with Crippen molar-refractivity contribution in [2.75, 3.05) is 18.2 Å². The first-order valence-electron chi connectivity index (χ1n) is 11.2. The summed E-state index contributed by atoms with van der Waals surface area (Å²) in [6.45, 7) is -2.79. The minimum atomic E-state index is -2.95. The minimum absolute atomic E-state index is 0.00827. The Morgan fingerprint density at radius 1 is 0.946 bits per heavy atom. The molecule has 2 aromatic carbocycles. The zero-order valence-corrected chi connectivity index (χ0v) is 19.8. The summed E-state index contributed by atoms with van der Waals surface area (Å²) in [5, 5.41) is 2.99. The summed E-state index contributed by atoms with van der Waals surface area (Å²) >= 11 is 0. The molecule has 0 atom stereocenters. The summed E-state index contributed by atoms with van der Waals surface area (Å²) in [7, 11) is 1.54. The smallest absolute Gasteiger partial charge is 0.387 e. The fraction of sp³-hybridized carbons (Fsp3) is 0.200. The molecule has 0 saturated carbocycles. The number of aromatic nitrogens is 4. The van der Waals surface area contributed by atoms with E-state index >= 15 is 0 Å². The molecule has 0 aliphatic carbocycles. The second-order valence-electron chi connectivity index (χ2n) is 7.94. The van der Waals surface area contributed by atoms with Gasteiger partial charge < -0.3 is 20.5 Å². The van der Waals surface area contributed by atoms with Crippen molar-refractivity contribution in [3.8, 4) is 11.5 Å². The number of rotatable bonds is 10. The van der Waals surface area contributed by atoms with Crippen LogP contribution in [-0.4, -0.2) is 32.8 Å². The highest BCUT2D eigenvalue weighted by Gasteiger charge is 2.15. The molecule has 0 radical (unpaired) electrons. The molecule has 4 rings (SSSR count). The first-order valence-corrected chi connectivity index (χ1v) is 11.2. The first-order chi connectivity index (χ1) is 17.8. The summed E-state index contributed by atoms with van der Waals surface area (Å²) in [5.41, 5.74) is 6.52. The average Bonchev–Trinajstić information content (AvgIpc) is 2.89. The average molecular weight is 511 g/mol. The predicted molar refractivity (Wildman–Crippen MR) is 133 cm³/mol. The third-order valence-electron chi connectivity index (χ3n) is 5.50. The number of nitrogens with two attached hydrogens (primary N) is 1. The van der Waals surface area contributed by atoms with Crippen LogP contribution in [0.4, 0.5) is 20.5 Å². The molecule has 0 aliphatic rings. The fourth-order valence-corrected chi connectivity index (χ4v) is 3.59. The summed E-state index contributed by atoms with van der Waals surface area (Å²) in [6, 6.07) is 16.2. The Hall–Kier alpha value is -4.74. The third-order valence-corrected chi connectivity index (χ3v) is 5.50. The van der Waals surface area contributed by atoms with Gasteiger partial charge in [-0.05, 0) is 41.5 Å². The van der Waals surface area contributed by atoms with Gasteiger partial charge in [-0.1, -0.05) is 30.3 Å². The number of nitrogens with zero attached hydrogens (tertiary/aromatic N) is 4. The van der Waals surface area contributed by atoms with E-state index in [0.29, 0.717) is 28.3 Å². The van der Waals surface area contributed by atoms with Crippen LogP contribution in [0.2, 0.25) is 0 Å². The van der Waals surface area contributed by atoms with Crippen LogP contribution < -0.4 is 31.9 Å². The van der Waals surface area contributed by atoms with Crippen molar-refractivity contribution in [1.82, 2.24) is 19.1 Å².